The molecule has 1 aromatic rings. The van der Waals surface area contributed by atoms with E-state index in [4.69, 9.17) is 5.73 Å². The molecule has 1 aliphatic heterocycles. The number of halogens is 1. The molecule has 1 heterocycles. The van der Waals surface area contributed by atoms with Gasteiger partial charge in [0.1, 0.15) is 0 Å². The van der Waals surface area contributed by atoms with E-state index in [2.05, 4.69) is 29.8 Å². The van der Waals surface area contributed by atoms with E-state index >= 15 is 0 Å². The molecule has 2 unspecified atom stereocenters. The highest BCUT2D eigenvalue weighted by atomic mass is 79.9. The molecule has 1 aliphatic rings. The number of rotatable bonds is 3. The summed E-state index contributed by atoms with van der Waals surface area (Å²) in [6, 6.07) is 5.17. The van der Waals surface area contributed by atoms with Crippen LogP contribution in [0.25, 0.3) is 0 Å². The lowest BCUT2D eigenvalue weighted by molar-refractivity contribution is 0.463. The van der Waals surface area contributed by atoms with Crippen LogP contribution in [0.1, 0.15) is 19.4 Å². The van der Waals surface area contributed by atoms with Crippen LogP contribution in [0.4, 0.5) is 0 Å². The average molecular weight is 347 g/mol. The SMILES string of the molecule is CC1CN(S(=O)(=O)c2ccc(CN)cc2Br)CC1C. The molecule has 2 rings (SSSR count). The van der Waals surface area contributed by atoms with E-state index in [0.717, 1.165) is 5.56 Å². The molecule has 2 N–H and O–H groups in total. The third-order valence-electron chi connectivity index (χ3n) is 3.80. The molecule has 0 spiro atoms. The molecule has 1 fully saturated rings. The third-order valence-corrected chi connectivity index (χ3v) is 6.61. The Morgan fingerprint density at radius 1 is 1.32 bits per heavy atom. The Bertz CT molecular complexity index is 564. The Labute approximate surface area is 123 Å². The molecule has 0 saturated carbocycles. The fraction of sp³-hybridized carbons (Fsp3) is 0.538. The monoisotopic (exact) mass is 346 g/mol. The van der Waals surface area contributed by atoms with Crippen molar-refractivity contribution >= 4 is 26.0 Å². The van der Waals surface area contributed by atoms with Crippen LogP contribution in [0.2, 0.25) is 0 Å². The first kappa shape index (κ1) is 15.0. The van der Waals surface area contributed by atoms with Crippen LogP contribution in [0.5, 0.6) is 0 Å². The van der Waals surface area contributed by atoms with Crippen LogP contribution in [-0.2, 0) is 16.6 Å². The first-order chi connectivity index (χ1) is 8.86. The maximum Gasteiger partial charge on any atom is 0.244 e. The minimum atomic E-state index is -3.41. The molecule has 6 heteroatoms. The summed E-state index contributed by atoms with van der Waals surface area (Å²) >= 11 is 3.34. The summed E-state index contributed by atoms with van der Waals surface area (Å²) in [4.78, 5) is 0.325. The van der Waals surface area contributed by atoms with E-state index < -0.39 is 10.0 Å². The Kier molecular flexibility index (Phi) is 4.35. The summed E-state index contributed by atoms with van der Waals surface area (Å²) in [5.41, 5.74) is 6.47. The number of hydrogen-bond donors (Lipinski definition) is 1. The predicted octanol–water partition coefficient (Wildman–Crippen LogP) is 2.18. The number of nitrogens with zero attached hydrogens (tertiary/aromatic N) is 1. The van der Waals surface area contributed by atoms with E-state index in [9.17, 15) is 8.42 Å². The number of hydrogen-bond acceptors (Lipinski definition) is 3. The largest absolute Gasteiger partial charge is 0.326 e. The van der Waals surface area contributed by atoms with Crippen LogP contribution in [0.3, 0.4) is 0 Å². The van der Waals surface area contributed by atoms with E-state index in [1.165, 1.54) is 0 Å². The highest BCUT2D eigenvalue weighted by Gasteiger charge is 2.35. The molecule has 19 heavy (non-hydrogen) atoms. The molecule has 106 valence electrons. The summed E-state index contributed by atoms with van der Waals surface area (Å²) in [7, 11) is -3.41. The summed E-state index contributed by atoms with van der Waals surface area (Å²) in [6.07, 6.45) is 0. The molecule has 1 aromatic carbocycles. The highest BCUT2D eigenvalue weighted by Crippen LogP contribution is 2.31. The Hall–Kier alpha value is -0.430. The molecule has 2 atom stereocenters. The van der Waals surface area contributed by atoms with Gasteiger partial charge in [0.25, 0.3) is 0 Å². The van der Waals surface area contributed by atoms with Gasteiger partial charge in [-0.1, -0.05) is 19.9 Å². The van der Waals surface area contributed by atoms with Gasteiger partial charge in [0.15, 0.2) is 0 Å². The number of sulfonamides is 1. The van der Waals surface area contributed by atoms with E-state index in [1.54, 1.807) is 22.5 Å². The first-order valence-electron chi connectivity index (χ1n) is 6.35. The van der Waals surface area contributed by atoms with Gasteiger partial charge < -0.3 is 5.73 Å². The van der Waals surface area contributed by atoms with Crippen LogP contribution < -0.4 is 5.73 Å². The van der Waals surface area contributed by atoms with Crippen molar-refractivity contribution in [2.75, 3.05) is 13.1 Å². The predicted molar refractivity (Wildman–Crippen MR) is 79.1 cm³/mol. The summed E-state index contributed by atoms with van der Waals surface area (Å²) in [5.74, 6) is 0.800. The van der Waals surface area contributed by atoms with Crippen LogP contribution in [-0.4, -0.2) is 25.8 Å². The van der Waals surface area contributed by atoms with Gasteiger partial charge in [-0.3, -0.25) is 0 Å². The summed E-state index contributed by atoms with van der Waals surface area (Å²) in [6.45, 7) is 5.76. The van der Waals surface area contributed by atoms with Crippen molar-refractivity contribution in [3.05, 3.63) is 28.2 Å². The van der Waals surface area contributed by atoms with Gasteiger partial charge in [-0.05, 0) is 45.5 Å². The van der Waals surface area contributed by atoms with Gasteiger partial charge in [0, 0.05) is 24.1 Å². The first-order valence-corrected chi connectivity index (χ1v) is 8.58. The van der Waals surface area contributed by atoms with Gasteiger partial charge in [0.2, 0.25) is 10.0 Å². The minimum Gasteiger partial charge on any atom is -0.326 e. The Morgan fingerprint density at radius 3 is 2.37 bits per heavy atom. The molecule has 4 nitrogen and oxygen atoms in total. The van der Waals surface area contributed by atoms with Gasteiger partial charge in [-0.15, -0.1) is 0 Å². The van der Waals surface area contributed by atoms with Crippen LogP contribution in [0.15, 0.2) is 27.6 Å². The standard InChI is InChI=1S/C13H19BrN2O2S/c1-9-7-16(8-10(9)2)19(17,18)13-4-3-11(6-15)5-12(13)14/h3-5,9-10H,6-8,15H2,1-2H3. The molecular weight excluding hydrogens is 328 g/mol. The lowest BCUT2D eigenvalue weighted by Crippen LogP contribution is -2.29. The van der Waals surface area contributed by atoms with Crippen molar-refractivity contribution < 1.29 is 8.42 Å². The van der Waals surface area contributed by atoms with Crippen molar-refractivity contribution in [1.29, 1.82) is 0 Å². The third kappa shape index (κ3) is 2.86. The second-order valence-corrected chi connectivity index (χ2v) is 8.01. The molecule has 1 saturated heterocycles. The second kappa shape index (κ2) is 5.52. The maximum atomic E-state index is 12.6. The van der Waals surface area contributed by atoms with Crippen molar-refractivity contribution in [2.45, 2.75) is 25.3 Å². The smallest absolute Gasteiger partial charge is 0.244 e. The lowest BCUT2D eigenvalue weighted by atomic mass is 10.0. The molecular formula is C13H19BrN2O2S. The molecule has 0 amide bonds. The van der Waals surface area contributed by atoms with Crippen LogP contribution in [0, 0.1) is 11.8 Å². The molecule has 0 aliphatic carbocycles. The van der Waals surface area contributed by atoms with Crippen LogP contribution >= 0.6 is 15.9 Å². The van der Waals surface area contributed by atoms with Crippen molar-refractivity contribution in [1.82, 2.24) is 4.31 Å². The normalized spacial score (nSPS) is 24.8. The Morgan fingerprint density at radius 2 is 1.89 bits per heavy atom. The fourth-order valence-electron chi connectivity index (χ4n) is 2.29. The average Bonchev–Trinajstić information content (AvgIpc) is 2.70. The zero-order valence-corrected chi connectivity index (χ0v) is 13.5. The number of nitrogens with two attached hydrogens (primary N) is 1. The molecule has 0 aromatic heterocycles. The van der Waals surface area contributed by atoms with E-state index in [1.807, 2.05) is 0 Å². The van der Waals surface area contributed by atoms with Gasteiger partial charge in [-0.2, -0.15) is 4.31 Å². The van der Waals surface area contributed by atoms with Gasteiger partial charge >= 0.3 is 0 Å². The zero-order chi connectivity index (χ0) is 14.2. The fourth-order valence-corrected chi connectivity index (χ4v) is 5.02. The number of benzene rings is 1. The Balaban J connectivity index is 2.35. The second-order valence-electron chi connectivity index (χ2n) is 5.25. The maximum absolute atomic E-state index is 12.6. The van der Waals surface area contributed by atoms with Gasteiger partial charge in [0.05, 0.1) is 4.90 Å². The highest BCUT2D eigenvalue weighted by molar-refractivity contribution is 9.10. The molecule has 0 radical (unpaired) electrons. The zero-order valence-electron chi connectivity index (χ0n) is 11.1. The lowest BCUT2D eigenvalue weighted by Gasteiger charge is -2.17. The van der Waals surface area contributed by atoms with E-state index in [-0.39, 0.29) is 0 Å². The minimum absolute atomic E-state index is 0.325. The van der Waals surface area contributed by atoms with Crippen molar-refractivity contribution in [3.8, 4) is 0 Å². The summed E-state index contributed by atoms with van der Waals surface area (Å²) in [5, 5.41) is 0. The molecule has 0 bridgehead atoms. The quantitative estimate of drug-likeness (QED) is 0.912. The van der Waals surface area contributed by atoms with Crippen molar-refractivity contribution in [2.24, 2.45) is 17.6 Å². The van der Waals surface area contributed by atoms with Gasteiger partial charge in [-0.25, -0.2) is 8.42 Å². The topological polar surface area (TPSA) is 63.4 Å². The summed E-state index contributed by atoms with van der Waals surface area (Å²) < 4.78 is 27.4. The van der Waals surface area contributed by atoms with Crippen molar-refractivity contribution in [3.63, 3.8) is 0 Å². The van der Waals surface area contributed by atoms with E-state index in [0.29, 0.717) is 40.8 Å².